The Morgan fingerprint density at radius 3 is 3.12 bits per heavy atom. The Morgan fingerprint density at radius 1 is 1.53 bits per heavy atom. The lowest BCUT2D eigenvalue weighted by Gasteiger charge is -2.18. The van der Waals surface area contributed by atoms with Gasteiger partial charge in [0, 0.05) is 12.8 Å². The molecular weight excluding hydrogens is 282 g/mol. The molecule has 2 N–H and O–H groups in total. The first-order valence-corrected chi connectivity index (χ1v) is 6.33. The van der Waals surface area contributed by atoms with E-state index in [4.69, 9.17) is 5.73 Å². The number of aromatic nitrogens is 3. The maximum Gasteiger partial charge on any atom is 0.147 e. The van der Waals surface area contributed by atoms with Crippen LogP contribution in [-0.4, -0.2) is 26.8 Å². The van der Waals surface area contributed by atoms with Crippen molar-refractivity contribution in [3.8, 4) is 0 Å². The summed E-state index contributed by atoms with van der Waals surface area (Å²) in [6.07, 6.45) is 4.42. The molecule has 1 aliphatic rings. The van der Waals surface area contributed by atoms with Gasteiger partial charge in [0.05, 0.1) is 21.6 Å². The Kier molecular flexibility index (Phi) is 2.39. The van der Waals surface area contributed by atoms with Crippen molar-refractivity contribution in [2.24, 2.45) is 4.99 Å². The number of hydrogen-bond acceptors (Lipinski definition) is 4. The first-order valence-electron chi connectivity index (χ1n) is 5.53. The fraction of sp³-hybridized carbons (Fsp3) is 0.364. The van der Waals surface area contributed by atoms with E-state index in [1.807, 2.05) is 6.21 Å². The third-order valence-electron chi connectivity index (χ3n) is 3.12. The maximum absolute atomic E-state index is 5.90. The Labute approximate surface area is 107 Å². The number of rotatable bonds is 1. The number of aliphatic imine (C=N–C) groups is 1. The summed E-state index contributed by atoms with van der Waals surface area (Å²) in [5.41, 5.74) is 7.80. The van der Waals surface area contributed by atoms with Crippen molar-refractivity contribution in [1.29, 1.82) is 0 Å². The van der Waals surface area contributed by atoms with Crippen LogP contribution in [0.1, 0.15) is 19.0 Å². The molecule has 3 heterocycles. The molecule has 3 rings (SSSR count). The highest BCUT2D eigenvalue weighted by Crippen LogP contribution is 2.33. The Balaban J connectivity index is 2.31. The quantitative estimate of drug-likeness (QED) is 0.874. The topological polar surface area (TPSA) is 69.1 Å². The molecular formula is C11H12BrN5. The molecule has 0 amide bonds. The predicted molar refractivity (Wildman–Crippen MR) is 71.3 cm³/mol. The molecule has 0 radical (unpaired) electrons. The minimum atomic E-state index is 0.321. The summed E-state index contributed by atoms with van der Waals surface area (Å²) in [5, 5.41) is 0.880. The Hall–Kier alpha value is -1.43. The summed E-state index contributed by atoms with van der Waals surface area (Å²) in [6, 6.07) is 0.321. The first kappa shape index (κ1) is 10.7. The van der Waals surface area contributed by atoms with Gasteiger partial charge >= 0.3 is 0 Å². The van der Waals surface area contributed by atoms with Gasteiger partial charge in [0.15, 0.2) is 0 Å². The van der Waals surface area contributed by atoms with Crippen molar-refractivity contribution in [2.75, 3.05) is 5.73 Å². The van der Waals surface area contributed by atoms with E-state index in [2.05, 4.69) is 42.4 Å². The number of anilines is 1. The van der Waals surface area contributed by atoms with Gasteiger partial charge in [-0.2, -0.15) is 0 Å². The molecule has 2 aromatic rings. The molecule has 6 heteroatoms. The minimum absolute atomic E-state index is 0.321. The third kappa shape index (κ3) is 1.47. The van der Waals surface area contributed by atoms with Gasteiger partial charge in [0.1, 0.15) is 17.8 Å². The zero-order valence-electron chi connectivity index (χ0n) is 9.39. The second-order valence-electron chi connectivity index (χ2n) is 4.11. The molecule has 0 saturated carbocycles. The summed E-state index contributed by atoms with van der Waals surface area (Å²) >= 11 is 3.56. The predicted octanol–water partition coefficient (Wildman–Crippen LogP) is 1.99. The van der Waals surface area contributed by atoms with Crippen LogP contribution in [0.5, 0.6) is 0 Å². The van der Waals surface area contributed by atoms with E-state index in [0.29, 0.717) is 11.9 Å². The van der Waals surface area contributed by atoms with E-state index in [1.165, 1.54) is 6.33 Å². The van der Waals surface area contributed by atoms with E-state index < -0.39 is 0 Å². The van der Waals surface area contributed by atoms with Crippen LogP contribution < -0.4 is 5.73 Å². The van der Waals surface area contributed by atoms with Gasteiger partial charge < -0.3 is 10.3 Å². The van der Waals surface area contributed by atoms with Crippen molar-refractivity contribution >= 4 is 39.0 Å². The lowest BCUT2D eigenvalue weighted by atomic mass is 10.2. The molecule has 17 heavy (non-hydrogen) atoms. The zero-order valence-corrected chi connectivity index (χ0v) is 11.0. The highest BCUT2D eigenvalue weighted by molar-refractivity contribution is 9.10. The minimum Gasteiger partial charge on any atom is -0.383 e. The SMILES string of the molecule is CCC1Cn2c(c(Br)c3c(N)ncnc32)C=N1. The van der Waals surface area contributed by atoms with E-state index in [9.17, 15) is 0 Å². The largest absolute Gasteiger partial charge is 0.383 e. The molecule has 0 bridgehead atoms. The third-order valence-corrected chi connectivity index (χ3v) is 3.92. The molecule has 1 unspecified atom stereocenters. The van der Waals surface area contributed by atoms with Crippen LogP contribution >= 0.6 is 15.9 Å². The lowest BCUT2D eigenvalue weighted by Crippen LogP contribution is -2.20. The molecule has 0 aromatic carbocycles. The summed E-state index contributed by atoms with van der Waals surface area (Å²) in [7, 11) is 0. The zero-order chi connectivity index (χ0) is 12.0. The normalized spacial score (nSPS) is 18.6. The van der Waals surface area contributed by atoms with E-state index >= 15 is 0 Å². The van der Waals surface area contributed by atoms with Gasteiger partial charge in [0.25, 0.3) is 0 Å². The number of halogens is 1. The van der Waals surface area contributed by atoms with Crippen LogP contribution in [0, 0.1) is 0 Å². The van der Waals surface area contributed by atoms with Crippen LogP contribution in [0.4, 0.5) is 5.82 Å². The first-order chi connectivity index (χ1) is 8.22. The smallest absolute Gasteiger partial charge is 0.147 e. The second kappa shape index (κ2) is 3.80. The van der Waals surface area contributed by atoms with Crippen LogP contribution in [-0.2, 0) is 6.54 Å². The lowest BCUT2D eigenvalue weighted by molar-refractivity contribution is 0.537. The van der Waals surface area contributed by atoms with Crippen LogP contribution in [0.2, 0.25) is 0 Å². The maximum atomic E-state index is 5.90. The van der Waals surface area contributed by atoms with Gasteiger partial charge in [-0.15, -0.1) is 0 Å². The number of nitrogens with two attached hydrogens (primary N) is 1. The monoisotopic (exact) mass is 293 g/mol. The molecule has 0 fully saturated rings. The van der Waals surface area contributed by atoms with Gasteiger partial charge in [-0.1, -0.05) is 6.92 Å². The summed E-state index contributed by atoms with van der Waals surface area (Å²) in [6.45, 7) is 2.98. The Morgan fingerprint density at radius 2 is 2.35 bits per heavy atom. The molecule has 1 aliphatic heterocycles. The summed E-state index contributed by atoms with van der Waals surface area (Å²) in [4.78, 5) is 12.9. The standard InChI is InChI=1S/C11H12BrN5/c1-2-6-4-17-7(3-14-6)9(12)8-10(13)15-5-16-11(8)17/h3,5-6H,2,4H2,1H3,(H2,13,15,16). The fourth-order valence-corrected chi connectivity index (χ4v) is 2.84. The Bertz CT molecular complexity index is 616. The van der Waals surface area contributed by atoms with E-state index in [0.717, 1.165) is 34.2 Å². The van der Waals surface area contributed by atoms with Crippen molar-refractivity contribution in [3.05, 3.63) is 16.5 Å². The highest BCUT2D eigenvalue weighted by atomic mass is 79.9. The molecule has 2 aromatic heterocycles. The van der Waals surface area contributed by atoms with Crippen molar-refractivity contribution in [3.63, 3.8) is 0 Å². The van der Waals surface area contributed by atoms with Crippen LogP contribution in [0.3, 0.4) is 0 Å². The summed E-state index contributed by atoms with van der Waals surface area (Å²) < 4.78 is 3.09. The number of nitrogens with zero attached hydrogens (tertiary/aromatic N) is 4. The highest BCUT2D eigenvalue weighted by Gasteiger charge is 2.22. The number of fused-ring (bicyclic) bond motifs is 3. The molecule has 88 valence electrons. The average molecular weight is 294 g/mol. The molecule has 0 saturated heterocycles. The molecule has 0 aliphatic carbocycles. The van der Waals surface area contributed by atoms with Crippen molar-refractivity contribution in [1.82, 2.24) is 14.5 Å². The van der Waals surface area contributed by atoms with E-state index in [1.54, 1.807) is 0 Å². The van der Waals surface area contributed by atoms with Crippen molar-refractivity contribution < 1.29 is 0 Å². The van der Waals surface area contributed by atoms with E-state index in [-0.39, 0.29) is 0 Å². The van der Waals surface area contributed by atoms with Gasteiger partial charge in [-0.3, -0.25) is 4.99 Å². The average Bonchev–Trinajstić information content (AvgIpc) is 2.64. The fourth-order valence-electron chi connectivity index (χ4n) is 2.14. The second-order valence-corrected chi connectivity index (χ2v) is 4.90. The summed E-state index contributed by atoms with van der Waals surface area (Å²) in [5.74, 6) is 0.505. The molecule has 5 nitrogen and oxygen atoms in total. The number of nitrogen functional groups attached to an aromatic ring is 1. The van der Waals surface area contributed by atoms with Crippen molar-refractivity contribution in [2.45, 2.75) is 25.9 Å². The molecule has 1 atom stereocenters. The van der Waals surface area contributed by atoms with Gasteiger partial charge in [-0.25, -0.2) is 9.97 Å². The van der Waals surface area contributed by atoms with Crippen LogP contribution in [0.25, 0.3) is 11.0 Å². The van der Waals surface area contributed by atoms with Crippen LogP contribution in [0.15, 0.2) is 15.8 Å². The molecule has 0 spiro atoms. The van der Waals surface area contributed by atoms with Gasteiger partial charge in [-0.05, 0) is 22.4 Å². The number of hydrogen-bond donors (Lipinski definition) is 1. The van der Waals surface area contributed by atoms with Gasteiger partial charge in [0.2, 0.25) is 0 Å².